The molecule has 5 nitrogen and oxygen atoms in total. The van der Waals surface area contributed by atoms with Crippen molar-refractivity contribution in [1.82, 2.24) is 9.80 Å². The number of carbonyl (C=O) groups is 1. The summed E-state index contributed by atoms with van der Waals surface area (Å²) in [5.41, 5.74) is 1.58. The van der Waals surface area contributed by atoms with Crippen LogP contribution in [0.2, 0.25) is 0 Å². The number of carbonyl (C=O) groups excluding carboxylic acids is 1. The Kier molecular flexibility index (Phi) is 4.83. The predicted molar refractivity (Wildman–Crippen MR) is 105 cm³/mol. The third-order valence-corrected chi connectivity index (χ3v) is 6.02. The molecule has 138 valence electrons. The zero-order valence-corrected chi connectivity index (χ0v) is 15.4. The van der Waals surface area contributed by atoms with E-state index in [9.17, 15) is 9.90 Å². The number of aromatic hydroxyl groups is 1. The zero-order valence-electron chi connectivity index (χ0n) is 15.4. The Morgan fingerprint density at radius 2 is 1.73 bits per heavy atom. The zero-order chi connectivity index (χ0) is 18.1. The van der Waals surface area contributed by atoms with E-state index >= 15 is 0 Å². The predicted octanol–water partition coefficient (Wildman–Crippen LogP) is 2.57. The summed E-state index contributed by atoms with van der Waals surface area (Å²) in [5.74, 6) is 0.0493. The van der Waals surface area contributed by atoms with Crippen LogP contribution in [0.25, 0.3) is 10.8 Å². The first-order valence-corrected chi connectivity index (χ1v) is 9.54. The summed E-state index contributed by atoms with van der Waals surface area (Å²) < 4.78 is 0. The maximum Gasteiger partial charge on any atom is 0.154 e. The van der Waals surface area contributed by atoms with Crippen LogP contribution >= 0.6 is 0 Å². The molecule has 2 aliphatic heterocycles. The smallest absolute Gasteiger partial charge is 0.154 e. The summed E-state index contributed by atoms with van der Waals surface area (Å²) in [5, 5.41) is 11.7. The summed E-state index contributed by atoms with van der Waals surface area (Å²) in [4.78, 5) is 18.8. The van der Waals surface area contributed by atoms with Gasteiger partial charge in [-0.15, -0.1) is 0 Å². The number of piperidine rings is 1. The number of phenols is 1. The second-order valence-corrected chi connectivity index (χ2v) is 7.58. The van der Waals surface area contributed by atoms with Gasteiger partial charge in [-0.2, -0.15) is 0 Å². The Morgan fingerprint density at radius 1 is 1.00 bits per heavy atom. The summed E-state index contributed by atoms with van der Waals surface area (Å²) >= 11 is 0. The molecular weight excluding hydrogens is 326 g/mol. The van der Waals surface area contributed by atoms with Crippen molar-refractivity contribution >= 4 is 22.7 Å². The molecule has 0 unspecified atom stereocenters. The first-order valence-electron chi connectivity index (χ1n) is 9.54. The molecule has 2 aromatic carbocycles. The molecule has 0 atom stereocenters. The average Bonchev–Trinajstić information content (AvgIpc) is 2.68. The highest BCUT2D eigenvalue weighted by atomic mass is 16.3. The van der Waals surface area contributed by atoms with Crippen LogP contribution < -0.4 is 4.90 Å². The monoisotopic (exact) mass is 353 g/mol. The normalized spacial score (nSPS) is 20.6. The van der Waals surface area contributed by atoms with Gasteiger partial charge in [0.1, 0.15) is 5.75 Å². The number of fused-ring (bicyclic) bond motifs is 1. The molecule has 26 heavy (non-hydrogen) atoms. The lowest BCUT2D eigenvalue weighted by molar-refractivity contribution is 0.0982. The van der Waals surface area contributed by atoms with E-state index in [-0.39, 0.29) is 5.75 Å². The molecule has 0 aromatic heterocycles. The number of aldehydes is 1. The van der Waals surface area contributed by atoms with E-state index in [1.54, 1.807) is 6.07 Å². The molecule has 2 saturated heterocycles. The molecule has 2 aliphatic rings. The fourth-order valence-corrected chi connectivity index (χ4v) is 4.33. The lowest BCUT2D eigenvalue weighted by Gasteiger charge is -2.42. The summed E-state index contributed by atoms with van der Waals surface area (Å²) in [6.07, 6.45) is 3.15. The van der Waals surface area contributed by atoms with Crippen LogP contribution in [0.3, 0.4) is 0 Å². The molecule has 1 N–H and O–H groups in total. The first-order chi connectivity index (χ1) is 12.7. The quantitative estimate of drug-likeness (QED) is 0.860. The molecule has 0 saturated carbocycles. The minimum Gasteiger partial charge on any atom is -0.507 e. The number of likely N-dealkylation sites (N-methyl/N-ethyl adjacent to an activating group) is 1. The van der Waals surface area contributed by atoms with Crippen molar-refractivity contribution in [3.63, 3.8) is 0 Å². The number of anilines is 1. The van der Waals surface area contributed by atoms with Crippen LogP contribution in [0.4, 0.5) is 5.69 Å². The number of piperazine rings is 1. The van der Waals surface area contributed by atoms with E-state index in [0.29, 0.717) is 11.6 Å². The molecule has 0 amide bonds. The van der Waals surface area contributed by atoms with Crippen molar-refractivity contribution < 1.29 is 9.90 Å². The SMILES string of the molecule is CN1CCN(C2CCN(c3ccc4c(C=O)c(O)ccc4c3)CC2)CC1. The third-order valence-electron chi connectivity index (χ3n) is 6.02. The maximum absolute atomic E-state index is 11.3. The third kappa shape index (κ3) is 3.29. The van der Waals surface area contributed by atoms with E-state index < -0.39 is 0 Å². The first kappa shape index (κ1) is 17.3. The van der Waals surface area contributed by atoms with Gasteiger partial charge in [-0.25, -0.2) is 0 Å². The molecule has 2 aromatic rings. The van der Waals surface area contributed by atoms with Crippen molar-refractivity contribution in [2.24, 2.45) is 0 Å². The van der Waals surface area contributed by atoms with Crippen LogP contribution in [0.1, 0.15) is 23.2 Å². The van der Waals surface area contributed by atoms with E-state index in [4.69, 9.17) is 0 Å². The second kappa shape index (κ2) is 7.25. The molecule has 0 radical (unpaired) electrons. The van der Waals surface area contributed by atoms with Crippen LogP contribution in [-0.2, 0) is 0 Å². The van der Waals surface area contributed by atoms with Crippen LogP contribution in [0, 0.1) is 0 Å². The average molecular weight is 353 g/mol. The fraction of sp³-hybridized carbons (Fsp3) is 0.476. The molecule has 0 aliphatic carbocycles. The van der Waals surface area contributed by atoms with Gasteiger partial charge in [0, 0.05) is 51.0 Å². The van der Waals surface area contributed by atoms with Gasteiger partial charge in [0.05, 0.1) is 5.56 Å². The highest BCUT2D eigenvalue weighted by Crippen LogP contribution is 2.30. The lowest BCUT2D eigenvalue weighted by Crippen LogP contribution is -2.52. The van der Waals surface area contributed by atoms with Crippen molar-refractivity contribution in [2.45, 2.75) is 18.9 Å². The highest BCUT2D eigenvalue weighted by Gasteiger charge is 2.26. The van der Waals surface area contributed by atoms with Crippen molar-refractivity contribution in [3.8, 4) is 5.75 Å². The molecular formula is C21H27N3O2. The standard InChI is InChI=1S/C21H27N3O2/c1-22-10-12-24(13-11-22)17-6-8-23(9-7-17)18-3-4-19-16(14-18)2-5-21(26)20(19)15-25/h2-5,14-15,17,26H,6-13H2,1H3. The Balaban J connectivity index is 1.46. The molecule has 0 bridgehead atoms. The van der Waals surface area contributed by atoms with Crippen molar-refractivity contribution in [1.29, 1.82) is 0 Å². The van der Waals surface area contributed by atoms with Crippen LogP contribution in [0.5, 0.6) is 5.75 Å². The van der Waals surface area contributed by atoms with Gasteiger partial charge in [0.15, 0.2) is 6.29 Å². The lowest BCUT2D eigenvalue weighted by atomic mass is 10.00. The van der Waals surface area contributed by atoms with Gasteiger partial charge >= 0.3 is 0 Å². The molecule has 4 rings (SSSR count). The molecule has 2 fully saturated rings. The van der Waals surface area contributed by atoms with Gasteiger partial charge in [0.2, 0.25) is 0 Å². The molecule has 0 spiro atoms. The number of benzene rings is 2. The highest BCUT2D eigenvalue weighted by molar-refractivity contribution is 6.01. The Bertz CT molecular complexity index is 791. The Morgan fingerprint density at radius 3 is 2.42 bits per heavy atom. The van der Waals surface area contributed by atoms with Crippen LogP contribution in [-0.4, -0.2) is 73.6 Å². The van der Waals surface area contributed by atoms with Gasteiger partial charge < -0.3 is 14.9 Å². The molecule has 5 heteroatoms. The van der Waals surface area contributed by atoms with E-state index in [0.717, 1.165) is 30.1 Å². The van der Waals surface area contributed by atoms with Gasteiger partial charge in [-0.1, -0.05) is 12.1 Å². The Hall–Kier alpha value is -2.11. The van der Waals surface area contributed by atoms with Gasteiger partial charge in [-0.05, 0) is 48.9 Å². The minimum atomic E-state index is 0.0493. The number of hydrogen-bond donors (Lipinski definition) is 1. The van der Waals surface area contributed by atoms with Gasteiger partial charge in [-0.3, -0.25) is 9.69 Å². The number of phenolic OH excluding ortho intramolecular Hbond substituents is 1. The number of rotatable bonds is 3. The van der Waals surface area contributed by atoms with E-state index in [1.165, 1.54) is 44.7 Å². The van der Waals surface area contributed by atoms with Crippen molar-refractivity contribution in [3.05, 3.63) is 35.9 Å². The van der Waals surface area contributed by atoms with Crippen LogP contribution in [0.15, 0.2) is 30.3 Å². The number of hydrogen-bond acceptors (Lipinski definition) is 5. The Labute approximate surface area is 154 Å². The van der Waals surface area contributed by atoms with Gasteiger partial charge in [0.25, 0.3) is 0 Å². The maximum atomic E-state index is 11.3. The summed E-state index contributed by atoms with van der Waals surface area (Å²) in [6, 6.07) is 10.4. The largest absolute Gasteiger partial charge is 0.507 e. The number of nitrogens with zero attached hydrogens (tertiary/aromatic N) is 3. The minimum absolute atomic E-state index is 0.0493. The van der Waals surface area contributed by atoms with E-state index in [1.807, 2.05) is 12.1 Å². The van der Waals surface area contributed by atoms with E-state index in [2.05, 4.69) is 33.9 Å². The molecule has 2 heterocycles. The second-order valence-electron chi connectivity index (χ2n) is 7.58. The summed E-state index contributed by atoms with van der Waals surface area (Å²) in [7, 11) is 2.20. The summed E-state index contributed by atoms with van der Waals surface area (Å²) in [6.45, 7) is 6.88. The fourth-order valence-electron chi connectivity index (χ4n) is 4.33. The topological polar surface area (TPSA) is 47.0 Å². The van der Waals surface area contributed by atoms with Crippen molar-refractivity contribution in [2.75, 3.05) is 51.2 Å².